The monoisotopic (exact) mass is 518 g/mol. The number of alkyl halides is 3. The first kappa shape index (κ1) is 22.6. The second kappa shape index (κ2) is 9.11. The van der Waals surface area contributed by atoms with Crippen LogP contribution in [0.2, 0.25) is 5.02 Å². The van der Waals surface area contributed by atoms with Gasteiger partial charge in [0.2, 0.25) is 5.91 Å². The van der Waals surface area contributed by atoms with Crippen molar-refractivity contribution in [3.05, 3.63) is 50.7 Å². The third-order valence-electron chi connectivity index (χ3n) is 5.72. The number of rotatable bonds is 6. The van der Waals surface area contributed by atoms with Crippen LogP contribution >= 0.6 is 27.5 Å². The molecule has 0 radical (unpaired) electrons. The van der Waals surface area contributed by atoms with Gasteiger partial charge in [0.1, 0.15) is 0 Å². The zero-order valence-corrected chi connectivity index (χ0v) is 19.2. The zero-order valence-electron chi connectivity index (χ0n) is 16.8. The standard InChI is InChI=1S/C21H23BrClF3N4O/c22-18-19(15-4-5-15)30(27-20(18)21(24,25)26)7-6-17(31)29-10-8-28(9-11-29)13-14-2-1-3-16(23)12-14/h1-3,12,15H,4-11,13H2. The summed E-state index contributed by atoms with van der Waals surface area (Å²) in [7, 11) is 0. The molecule has 0 bridgehead atoms. The van der Waals surface area contributed by atoms with Crippen molar-refractivity contribution in [1.29, 1.82) is 0 Å². The minimum Gasteiger partial charge on any atom is -0.340 e. The van der Waals surface area contributed by atoms with E-state index in [2.05, 4.69) is 25.9 Å². The van der Waals surface area contributed by atoms with Crippen molar-refractivity contribution in [3.63, 3.8) is 0 Å². The second-order valence-corrected chi connectivity index (χ2v) is 9.31. The largest absolute Gasteiger partial charge is 0.436 e. The highest BCUT2D eigenvalue weighted by Gasteiger charge is 2.41. The number of hydrogen-bond acceptors (Lipinski definition) is 3. The van der Waals surface area contributed by atoms with Gasteiger partial charge in [-0.05, 0) is 46.5 Å². The van der Waals surface area contributed by atoms with Gasteiger partial charge in [0.15, 0.2) is 5.69 Å². The summed E-state index contributed by atoms with van der Waals surface area (Å²) in [5.74, 6) is 0.0347. The molecule has 2 aromatic rings. The van der Waals surface area contributed by atoms with Gasteiger partial charge in [-0.15, -0.1) is 0 Å². The van der Waals surface area contributed by atoms with Gasteiger partial charge < -0.3 is 4.90 Å². The second-order valence-electron chi connectivity index (χ2n) is 8.08. The molecule has 1 saturated carbocycles. The number of aromatic nitrogens is 2. The number of benzene rings is 1. The Hall–Kier alpha value is -1.58. The Bertz CT molecular complexity index is 953. The number of carbonyl (C=O) groups excluding carboxylic acids is 1. The van der Waals surface area contributed by atoms with Crippen LogP contribution in [0.15, 0.2) is 28.7 Å². The van der Waals surface area contributed by atoms with Crippen molar-refractivity contribution in [3.8, 4) is 0 Å². The summed E-state index contributed by atoms with van der Waals surface area (Å²) in [6, 6.07) is 7.73. The van der Waals surface area contributed by atoms with E-state index in [1.54, 1.807) is 4.90 Å². The number of hydrogen-bond donors (Lipinski definition) is 0. The molecule has 10 heteroatoms. The summed E-state index contributed by atoms with van der Waals surface area (Å²) in [6.07, 6.45) is -2.68. The summed E-state index contributed by atoms with van der Waals surface area (Å²) < 4.78 is 41.1. The van der Waals surface area contributed by atoms with E-state index in [4.69, 9.17) is 11.6 Å². The number of carbonyl (C=O) groups is 1. The molecule has 1 aromatic heterocycles. The first-order chi connectivity index (χ1) is 14.7. The number of amides is 1. The van der Waals surface area contributed by atoms with Crippen LogP contribution in [0.3, 0.4) is 0 Å². The van der Waals surface area contributed by atoms with Crippen LogP contribution < -0.4 is 0 Å². The smallest absolute Gasteiger partial charge is 0.340 e. The molecule has 0 atom stereocenters. The lowest BCUT2D eigenvalue weighted by atomic mass is 10.2. The summed E-state index contributed by atoms with van der Waals surface area (Å²) >= 11 is 9.13. The molecule has 31 heavy (non-hydrogen) atoms. The topological polar surface area (TPSA) is 41.4 Å². The van der Waals surface area contributed by atoms with E-state index in [1.807, 2.05) is 24.3 Å². The van der Waals surface area contributed by atoms with Gasteiger partial charge in [0.25, 0.3) is 0 Å². The number of nitrogens with zero attached hydrogens (tertiary/aromatic N) is 4. The lowest BCUT2D eigenvalue weighted by Crippen LogP contribution is -2.48. The van der Waals surface area contributed by atoms with Crippen LogP contribution in [0.1, 0.15) is 42.1 Å². The Balaban J connectivity index is 1.32. The summed E-state index contributed by atoms with van der Waals surface area (Å²) in [5, 5.41) is 4.48. The minimum atomic E-state index is -4.52. The third kappa shape index (κ3) is 5.43. The maximum Gasteiger partial charge on any atom is 0.436 e. The molecule has 1 saturated heterocycles. The molecule has 4 rings (SSSR count). The van der Waals surface area contributed by atoms with E-state index in [-0.39, 0.29) is 29.3 Å². The van der Waals surface area contributed by atoms with Gasteiger partial charge in [-0.1, -0.05) is 23.7 Å². The summed E-state index contributed by atoms with van der Waals surface area (Å²) in [5.41, 5.74) is 0.785. The van der Waals surface area contributed by atoms with Crippen molar-refractivity contribution < 1.29 is 18.0 Å². The lowest BCUT2D eigenvalue weighted by molar-refractivity contribution is -0.142. The average molecular weight is 520 g/mol. The Morgan fingerprint density at radius 1 is 1.19 bits per heavy atom. The SMILES string of the molecule is O=C(CCn1nc(C(F)(F)F)c(Br)c1C1CC1)N1CCN(Cc2cccc(Cl)c2)CC1. The summed E-state index contributed by atoms with van der Waals surface area (Å²) in [4.78, 5) is 16.7. The van der Waals surface area contributed by atoms with Crippen LogP contribution in [0, 0.1) is 0 Å². The normalized spacial score (nSPS) is 17.9. The van der Waals surface area contributed by atoms with Gasteiger partial charge in [-0.2, -0.15) is 18.3 Å². The Morgan fingerprint density at radius 2 is 1.90 bits per heavy atom. The van der Waals surface area contributed by atoms with E-state index in [1.165, 1.54) is 4.68 Å². The fourth-order valence-electron chi connectivity index (χ4n) is 3.96. The minimum absolute atomic E-state index is 0.0181. The van der Waals surface area contributed by atoms with E-state index < -0.39 is 11.9 Å². The fourth-order valence-corrected chi connectivity index (χ4v) is 5.01. The maximum absolute atomic E-state index is 13.2. The molecular weight excluding hydrogens is 497 g/mol. The van der Waals surface area contributed by atoms with E-state index in [9.17, 15) is 18.0 Å². The van der Waals surface area contributed by atoms with Crippen molar-refractivity contribution in [2.45, 2.75) is 44.4 Å². The Kier molecular flexibility index (Phi) is 6.65. The predicted molar refractivity (Wildman–Crippen MR) is 115 cm³/mol. The predicted octanol–water partition coefficient (Wildman–Crippen LogP) is 4.93. The van der Waals surface area contributed by atoms with E-state index in [0.717, 1.165) is 38.0 Å². The van der Waals surface area contributed by atoms with Crippen molar-refractivity contribution in [1.82, 2.24) is 19.6 Å². The molecule has 0 unspecified atom stereocenters. The average Bonchev–Trinajstić information content (AvgIpc) is 3.48. The molecular formula is C21H23BrClF3N4O. The van der Waals surface area contributed by atoms with Gasteiger partial charge >= 0.3 is 6.18 Å². The molecule has 168 valence electrons. The highest BCUT2D eigenvalue weighted by Crippen LogP contribution is 2.47. The van der Waals surface area contributed by atoms with Crippen LogP contribution in [-0.2, 0) is 24.1 Å². The number of piperazine rings is 1. The highest BCUT2D eigenvalue weighted by atomic mass is 79.9. The lowest BCUT2D eigenvalue weighted by Gasteiger charge is -2.35. The van der Waals surface area contributed by atoms with Crippen molar-refractivity contribution >= 4 is 33.4 Å². The molecule has 2 fully saturated rings. The van der Waals surface area contributed by atoms with Crippen LogP contribution in [0.4, 0.5) is 13.2 Å². The molecule has 1 aliphatic carbocycles. The molecule has 1 amide bonds. The van der Waals surface area contributed by atoms with E-state index in [0.29, 0.717) is 23.8 Å². The Labute approximate surface area is 192 Å². The summed E-state index contributed by atoms with van der Waals surface area (Å²) in [6.45, 7) is 3.63. The highest BCUT2D eigenvalue weighted by molar-refractivity contribution is 9.10. The molecule has 2 heterocycles. The van der Waals surface area contributed by atoms with Crippen molar-refractivity contribution in [2.75, 3.05) is 26.2 Å². The number of aryl methyl sites for hydroxylation is 1. The van der Waals surface area contributed by atoms with Crippen LogP contribution in [0.5, 0.6) is 0 Å². The van der Waals surface area contributed by atoms with E-state index >= 15 is 0 Å². The zero-order chi connectivity index (χ0) is 22.2. The van der Waals surface area contributed by atoms with Crippen LogP contribution in [0.25, 0.3) is 0 Å². The van der Waals surface area contributed by atoms with Gasteiger partial charge in [0, 0.05) is 50.1 Å². The first-order valence-corrected chi connectivity index (χ1v) is 11.5. The molecule has 0 spiro atoms. The van der Waals surface area contributed by atoms with Gasteiger partial charge in [0.05, 0.1) is 16.7 Å². The molecule has 5 nitrogen and oxygen atoms in total. The van der Waals surface area contributed by atoms with Crippen LogP contribution in [-0.4, -0.2) is 51.7 Å². The van der Waals surface area contributed by atoms with Crippen molar-refractivity contribution in [2.24, 2.45) is 0 Å². The molecule has 1 aliphatic heterocycles. The fraction of sp³-hybridized carbons (Fsp3) is 0.524. The quantitative estimate of drug-likeness (QED) is 0.543. The molecule has 1 aromatic carbocycles. The first-order valence-electron chi connectivity index (χ1n) is 10.3. The molecule has 2 aliphatic rings. The third-order valence-corrected chi connectivity index (χ3v) is 6.74. The van der Waals surface area contributed by atoms with Gasteiger partial charge in [-0.25, -0.2) is 0 Å². The molecule has 0 N–H and O–H groups in total. The number of halogens is 5. The Morgan fingerprint density at radius 3 is 2.52 bits per heavy atom. The maximum atomic E-state index is 13.2. The van der Waals surface area contributed by atoms with Gasteiger partial charge in [-0.3, -0.25) is 14.4 Å².